The van der Waals surface area contributed by atoms with Gasteiger partial charge in [-0.15, -0.1) is 0 Å². The molecule has 3 N–H and O–H groups in total. The van der Waals surface area contributed by atoms with Crippen LogP contribution in [0, 0.1) is 0 Å². The minimum atomic E-state index is -0.629. The fourth-order valence-corrected chi connectivity index (χ4v) is 0.706. The van der Waals surface area contributed by atoms with Crippen molar-refractivity contribution in [1.82, 2.24) is 10.6 Å². The van der Waals surface area contributed by atoms with E-state index in [-0.39, 0.29) is 25.6 Å². The van der Waals surface area contributed by atoms with Crippen LogP contribution >= 0.6 is 0 Å². The number of carbonyl (C=O) groups excluding carboxylic acids is 1. The van der Waals surface area contributed by atoms with Gasteiger partial charge in [0.25, 0.3) is 0 Å². The van der Waals surface area contributed by atoms with Crippen molar-refractivity contribution in [3.63, 3.8) is 0 Å². The maximum atomic E-state index is 10.8. The summed E-state index contributed by atoms with van der Waals surface area (Å²) in [6.45, 7) is 0.730. The maximum Gasteiger partial charge on any atom is 0.234 e. The van der Waals surface area contributed by atoms with E-state index in [0.717, 1.165) is 0 Å². The summed E-state index contributed by atoms with van der Waals surface area (Å²) >= 11 is 0. The lowest BCUT2D eigenvalue weighted by Crippen LogP contribution is -2.38. The van der Waals surface area contributed by atoms with E-state index in [1.807, 2.05) is 0 Å². The van der Waals surface area contributed by atoms with Crippen molar-refractivity contribution in [2.75, 3.05) is 33.9 Å². The van der Waals surface area contributed by atoms with E-state index in [9.17, 15) is 4.79 Å². The molecule has 5 heteroatoms. The third kappa shape index (κ3) is 6.09. The molecule has 0 aliphatic heterocycles. The number of amides is 1. The molecule has 0 heterocycles. The van der Waals surface area contributed by atoms with Crippen LogP contribution in [0.2, 0.25) is 0 Å². The normalized spacial score (nSPS) is 12.6. The van der Waals surface area contributed by atoms with Gasteiger partial charge in [0.2, 0.25) is 5.91 Å². The highest BCUT2D eigenvalue weighted by molar-refractivity contribution is 5.77. The quantitative estimate of drug-likeness (QED) is 0.452. The maximum absolute atomic E-state index is 10.8. The molecular formula is C7H16N2O3. The number of aliphatic hydroxyl groups excluding tert-OH is 1. The molecule has 0 saturated heterocycles. The second kappa shape index (κ2) is 7.02. The zero-order valence-electron chi connectivity index (χ0n) is 7.46. The number of carbonyl (C=O) groups is 1. The highest BCUT2D eigenvalue weighted by atomic mass is 16.5. The Kier molecular flexibility index (Phi) is 6.64. The van der Waals surface area contributed by atoms with E-state index >= 15 is 0 Å². The molecule has 0 saturated carbocycles. The number of ether oxygens (including phenoxy) is 1. The number of nitrogens with one attached hydrogen (secondary N) is 2. The summed E-state index contributed by atoms with van der Waals surface area (Å²) in [7, 11) is 3.18. The molecule has 0 radical (unpaired) electrons. The smallest absolute Gasteiger partial charge is 0.234 e. The van der Waals surface area contributed by atoms with Crippen LogP contribution in [0.1, 0.15) is 0 Å². The number of rotatable bonds is 6. The topological polar surface area (TPSA) is 70.6 Å². The van der Waals surface area contributed by atoms with E-state index in [2.05, 4.69) is 15.4 Å². The summed E-state index contributed by atoms with van der Waals surface area (Å²) in [5, 5.41) is 14.3. The van der Waals surface area contributed by atoms with Crippen molar-refractivity contribution in [3.05, 3.63) is 0 Å². The monoisotopic (exact) mass is 176 g/mol. The Labute approximate surface area is 72.1 Å². The van der Waals surface area contributed by atoms with Crippen LogP contribution in [-0.4, -0.2) is 51.0 Å². The molecule has 1 amide bonds. The number of aliphatic hydroxyl groups is 1. The van der Waals surface area contributed by atoms with Crippen LogP contribution in [0.5, 0.6) is 0 Å². The van der Waals surface area contributed by atoms with Gasteiger partial charge in [0.1, 0.15) is 0 Å². The van der Waals surface area contributed by atoms with Crippen LogP contribution < -0.4 is 10.6 Å². The van der Waals surface area contributed by atoms with Crippen molar-refractivity contribution in [1.29, 1.82) is 0 Å². The average Bonchev–Trinajstić information content (AvgIpc) is 2.02. The lowest BCUT2D eigenvalue weighted by Gasteiger charge is -2.10. The van der Waals surface area contributed by atoms with E-state index < -0.39 is 6.10 Å². The second-order valence-electron chi connectivity index (χ2n) is 2.44. The van der Waals surface area contributed by atoms with Gasteiger partial charge in [0.15, 0.2) is 0 Å². The van der Waals surface area contributed by atoms with Crippen LogP contribution in [0.15, 0.2) is 0 Å². The molecule has 1 atom stereocenters. The van der Waals surface area contributed by atoms with Crippen molar-refractivity contribution in [2.24, 2.45) is 0 Å². The standard InChI is InChI=1S/C7H16N2O3/c1-8-4-7(11)9-3-6(10)5-12-2/h6,8,10H,3-5H2,1-2H3,(H,9,11). The third-order valence-corrected chi connectivity index (χ3v) is 1.23. The minimum absolute atomic E-state index is 0.132. The Morgan fingerprint density at radius 1 is 1.67 bits per heavy atom. The predicted molar refractivity (Wildman–Crippen MR) is 44.8 cm³/mol. The summed E-state index contributed by atoms with van der Waals surface area (Å²) in [5.74, 6) is -0.132. The number of hydrogen-bond acceptors (Lipinski definition) is 4. The second-order valence-corrected chi connectivity index (χ2v) is 2.44. The van der Waals surface area contributed by atoms with Gasteiger partial charge in [0, 0.05) is 13.7 Å². The predicted octanol–water partition coefficient (Wildman–Crippen LogP) is -1.67. The van der Waals surface area contributed by atoms with Crippen molar-refractivity contribution in [3.8, 4) is 0 Å². The molecule has 0 aliphatic carbocycles. The summed E-state index contributed by atoms with van der Waals surface area (Å²) in [6, 6.07) is 0. The highest BCUT2D eigenvalue weighted by Crippen LogP contribution is 1.80. The van der Waals surface area contributed by atoms with Crippen LogP contribution in [0.3, 0.4) is 0 Å². The van der Waals surface area contributed by atoms with Gasteiger partial charge >= 0.3 is 0 Å². The highest BCUT2D eigenvalue weighted by Gasteiger charge is 2.04. The molecule has 12 heavy (non-hydrogen) atoms. The minimum Gasteiger partial charge on any atom is -0.389 e. The van der Waals surface area contributed by atoms with Gasteiger partial charge in [-0.1, -0.05) is 0 Å². The van der Waals surface area contributed by atoms with Crippen molar-refractivity contribution >= 4 is 5.91 Å². The number of hydrogen-bond donors (Lipinski definition) is 3. The SMILES string of the molecule is CNCC(=O)NCC(O)COC. The molecule has 0 spiro atoms. The molecule has 0 bridgehead atoms. The largest absolute Gasteiger partial charge is 0.389 e. The molecular weight excluding hydrogens is 160 g/mol. The Morgan fingerprint density at radius 3 is 2.83 bits per heavy atom. The zero-order chi connectivity index (χ0) is 9.40. The molecule has 5 nitrogen and oxygen atoms in total. The Morgan fingerprint density at radius 2 is 2.33 bits per heavy atom. The first-order chi connectivity index (χ1) is 5.70. The molecule has 0 aromatic rings. The lowest BCUT2D eigenvalue weighted by atomic mass is 10.4. The fraction of sp³-hybridized carbons (Fsp3) is 0.857. The first kappa shape index (κ1) is 11.4. The van der Waals surface area contributed by atoms with E-state index in [4.69, 9.17) is 5.11 Å². The van der Waals surface area contributed by atoms with Gasteiger partial charge in [-0.05, 0) is 7.05 Å². The Hall–Kier alpha value is -0.650. The van der Waals surface area contributed by atoms with Crippen molar-refractivity contribution < 1.29 is 14.6 Å². The first-order valence-electron chi connectivity index (χ1n) is 3.79. The Bertz CT molecular complexity index is 130. The third-order valence-electron chi connectivity index (χ3n) is 1.23. The van der Waals surface area contributed by atoms with E-state index in [1.54, 1.807) is 7.05 Å². The molecule has 0 rings (SSSR count). The zero-order valence-corrected chi connectivity index (χ0v) is 7.46. The first-order valence-corrected chi connectivity index (χ1v) is 3.79. The fourth-order valence-electron chi connectivity index (χ4n) is 0.706. The Balaban J connectivity index is 3.33. The van der Waals surface area contributed by atoms with Gasteiger partial charge in [-0.2, -0.15) is 0 Å². The van der Waals surface area contributed by atoms with Gasteiger partial charge in [0.05, 0.1) is 19.3 Å². The molecule has 1 unspecified atom stereocenters. The van der Waals surface area contributed by atoms with Crippen LogP contribution in [0.4, 0.5) is 0 Å². The van der Waals surface area contributed by atoms with E-state index in [1.165, 1.54) is 7.11 Å². The lowest BCUT2D eigenvalue weighted by molar-refractivity contribution is -0.120. The van der Waals surface area contributed by atoms with Crippen molar-refractivity contribution in [2.45, 2.75) is 6.10 Å². The van der Waals surface area contributed by atoms with Gasteiger partial charge < -0.3 is 20.5 Å². The summed E-state index contributed by atoms with van der Waals surface area (Å²) in [4.78, 5) is 10.8. The molecule has 72 valence electrons. The van der Waals surface area contributed by atoms with Crippen LogP contribution in [0.25, 0.3) is 0 Å². The average molecular weight is 176 g/mol. The van der Waals surface area contributed by atoms with Gasteiger partial charge in [-0.25, -0.2) is 0 Å². The van der Waals surface area contributed by atoms with Crippen LogP contribution in [-0.2, 0) is 9.53 Å². The van der Waals surface area contributed by atoms with E-state index in [0.29, 0.717) is 0 Å². The molecule has 0 aromatic carbocycles. The molecule has 0 aromatic heterocycles. The molecule has 0 fully saturated rings. The number of methoxy groups -OCH3 is 1. The number of likely N-dealkylation sites (N-methyl/N-ethyl adjacent to an activating group) is 1. The summed E-state index contributed by atoms with van der Waals surface area (Å²) < 4.78 is 4.68. The van der Waals surface area contributed by atoms with Gasteiger partial charge in [-0.3, -0.25) is 4.79 Å². The summed E-state index contributed by atoms with van der Waals surface area (Å²) in [6.07, 6.45) is -0.629. The molecule has 0 aliphatic rings. The summed E-state index contributed by atoms with van der Waals surface area (Å²) in [5.41, 5.74) is 0.